The Bertz CT molecular complexity index is 586. The first-order valence-electron chi connectivity index (χ1n) is 4.99. The molecule has 0 radical (unpaired) electrons. The molecule has 0 atom stereocenters. The smallest absolute Gasteiger partial charge is 0.176 e. The highest BCUT2D eigenvalue weighted by molar-refractivity contribution is 5.97. The number of Topliss-reactive ketones (excluding diaryl/α,β-unsaturated/α-hetero) is 1. The van der Waals surface area contributed by atoms with Gasteiger partial charge in [-0.05, 0) is 0 Å². The Morgan fingerprint density at radius 1 is 1.28 bits per heavy atom. The van der Waals surface area contributed by atoms with E-state index in [0.29, 0.717) is 12.1 Å². The number of halogens is 3. The van der Waals surface area contributed by atoms with E-state index in [1.54, 1.807) is 7.05 Å². The molecular weight excluding hydrogens is 247 g/mol. The van der Waals surface area contributed by atoms with Crippen molar-refractivity contribution in [1.29, 1.82) is 0 Å². The van der Waals surface area contributed by atoms with Crippen LogP contribution in [0.1, 0.15) is 16.2 Å². The lowest BCUT2D eigenvalue weighted by atomic mass is 10.1. The van der Waals surface area contributed by atoms with Crippen LogP contribution in [0.15, 0.2) is 18.5 Å². The Morgan fingerprint density at radius 3 is 2.39 bits per heavy atom. The molecule has 0 aliphatic rings. The molecular formula is C11H8F3N3O. The average Bonchev–Trinajstić information content (AvgIpc) is 2.62. The second-order valence-electron chi connectivity index (χ2n) is 3.64. The zero-order valence-electron chi connectivity index (χ0n) is 9.32. The van der Waals surface area contributed by atoms with Gasteiger partial charge in [0.1, 0.15) is 29.6 Å². The zero-order valence-corrected chi connectivity index (χ0v) is 9.32. The van der Waals surface area contributed by atoms with E-state index in [4.69, 9.17) is 0 Å². The van der Waals surface area contributed by atoms with Gasteiger partial charge in [-0.15, -0.1) is 0 Å². The van der Waals surface area contributed by atoms with E-state index in [9.17, 15) is 18.0 Å². The van der Waals surface area contributed by atoms with E-state index >= 15 is 0 Å². The number of hydrogen-bond acceptors (Lipinski definition) is 3. The summed E-state index contributed by atoms with van der Waals surface area (Å²) in [5.41, 5.74) is -0.764. The fourth-order valence-corrected chi connectivity index (χ4v) is 1.52. The maximum absolute atomic E-state index is 13.3. The van der Waals surface area contributed by atoms with Gasteiger partial charge in [0.05, 0.1) is 12.0 Å². The standard InChI is InChI=1S/C11H8F3N3O/c1-17-10(15-5-16-17)4-9(18)11-7(13)2-6(12)3-8(11)14/h2-3,5H,4H2,1H3. The Hall–Kier alpha value is -2.18. The van der Waals surface area contributed by atoms with Gasteiger partial charge in [-0.25, -0.2) is 18.2 Å². The molecule has 0 fully saturated rings. The molecule has 0 amide bonds. The second-order valence-corrected chi connectivity index (χ2v) is 3.64. The van der Waals surface area contributed by atoms with Crippen molar-refractivity contribution in [2.24, 2.45) is 7.05 Å². The number of aromatic nitrogens is 3. The zero-order chi connectivity index (χ0) is 13.3. The van der Waals surface area contributed by atoms with Gasteiger partial charge < -0.3 is 0 Å². The van der Waals surface area contributed by atoms with Crippen LogP contribution in [0.4, 0.5) is 13.2 Å². The van der Waals surface area contributed by atoms with Crippen molar-refractivity contribution in [2.45, 2.75) is 6.42 Å². The summed E-state index contributed by atoms with van der Waals surface area (Å²) in [5, 5.41) is 3.73. The first kappa shape index (κ1) is 12.3. The minimum atomic E-state index is -1.22. The lowest BCUT2D eigenvalue weighted by Crippen LogP contribution is -2.13. The van der Waals surface area contributed by atoms with Gasteiger partial charge in [-0.1, -0.05) is 0 Å². The van der Waals surface area contributed by atoms with Crippen molar-refractivity contribution in [3.8, 4) is 0 Å². The summed E-state index contributed by atoms with van der Waals surface area (Å²) in [7, 11) is 1.55. The molecule has 0 N–H and O–H groups in total. The quantitative estimate of drug-likeness (QED) is 0.783. The molecule has 94 valence electrons. The van der Waals surface area contributed by atoms with Gasteiger partial charge in [0.25, 0.3) is 0 Å². The molecule has 7 heteroatoms. The van der Waals surface area contributed by atoms with Gasteiger partial charge in [0.2, 0.25) is 0 Å². The first-order valence-corrected chi connectivity index (χ1v) is 4.99. The minimum Gasteiger partial charge on any atom is -0.293 e. The van der Waals surface area contributed by atoms with Crippen LogP contribution in [0.3, 0.4) is 0 Å². The fourth-order valence-electron chi connectivity index (χ4n) is 1.52. The van der Waals surface area contributed by atoms with E-state index in [2.05, 4.69) is 10.1 Å². The second kappa shape index (κ2) is 4.59. The molecule has 0 aliphatic heterocycles. The van der Waals surface area contributed by atoms with Crippen molar-refractivity contribution < 1.29 is 18.0 Å². The molecule has 18 heavy (non-hydrogen) atoms. The van der Waals surface area contributed by atoms with Crippen molar-refractivity contribution in [2.75, 3.05) is 0 Å². The predicted molar refractivity (Wildman–Crippen MR) is 55.4 cm³/mol. The normalized spacial score (nSPS) is 10.7. The van der Waals surface area contributed by atoms with Crippen molar-refractivity contribution in [1.82, 2.24) is 14.8 Å². The minimum absolute atomic E-state index is 0.267. The molecule has 2 aromatic rings. The molecule has 0 aliphatic carbocycles. The number of nitrogens with zero attached hydrogens (tertiary/aromatic N) is 3. The summed E-state index contributed by atoms with van der Waals surface area (Å²) in [4.78, 5) is 15.5. The monoisotopic (exact) mass is 255 g/mol. The summed E-state index contributed by atoms with van der Waals surface area (Å²) in [6.45, 7) is 0. The summed E-state index contributed by atoms with van der Waals surface area (Å²) < 4.78 is 40.7. The summed E-state index contributed by atoms with van der Waals surface area (Å²) in [6, 6.07) is 0.931. The molecule has 0 saturated carbocycles. The summed E-state index contributed by atoms with van der Waals surface area (Å²) >= 11 is 0. The van der Waals surface area contributed by atoms with E-state index in [-0.39, 0.29) is 12.2 Å². The number of ketones is 1. The van der Waals surface area contributed by atoms with Crippen LogP contribution in [0.25, 0.3) is 0 Å². The highest BCUT2D eigenvalue weighted by Gasteiger charge is 2.20. The van der Waals surface area contributed by atoms with Crippen molar-refractivity contribution in [3.63, 3.8) is 0 Å². The van der Waals surface area contributed by atoms with Gasteiger partial charge in [-0.2, -0.15) is 5.10 Å². The van der Waals surface area contributed by atoms with E-state index < -0.39 is 28.8 Å². The number of carbonyl (C=O) groups excluding carboxylic acids is 1. The molecule has 0 spiro atoms. The number of aryl methyl sites for hydroxylation is 1. The Kier molecular flexibility index (Phi) is 3.14. The fraction of sp³-hybridized carbons (Fsp3) is 0.182. The summed E-state index contributed by atoms with van der Waals surface area (Å²) in [5.74, 6) is -4.07. The maximum Gasteiger partial charge on any atom is 0.176 e. The first-order chi connectivity index (χ1) is 8.49. The number of carbonyl (C=O) groups is 1. The summed E-state index contributed by atoms with van der Waals surface area (Å²) in [6.07, 6.45) is 0.913. The Labute approximate surface area is 100 Å². The topological polar surface area (TPSA) is 47.8 Å². The van der Waals surface area contributed by atoms with Gasteiger partial charge >= 0.3 is 0 Å². The lowest BCUT2D eigenvalue weighted by molar-refractivity contribution is 0.0981. The highest BCUT2D eigenvalue weighted by Crippen LogP contribution is 2.16. The van der Waals surface area contributed by atoms with E-state index in [1.807, 2.05) is 0 Å². The molecule has 1 aromatic carbocycles. The molecule has 0 unspecified atom stereocenters. The van der Waals surface area contributed by atoms with Crippen molar-refractivity contribution >= 4 is 5.78 Å². The van der Waals surface area contributed by atoms with Crippen LogP contribution >= 0.6 is 0 Å². The van der Waals surface area contributed by atoms with Crippen LogP contribution in [0, 0.1) is 17.5 Å². The molecule has 2 rings (SSSR count). The van der Waals surface area contributed by atoms with Gasteiger partial charge in [-0.3, -0.25) is 9.48 Å². The average molecular weight is 255 g/mol. The third kappa shape index (κ3) is 2.24. The van der Waals surface area contributed by atoms with Crippen LogP contribution in [-0.4, -0.2) is 20.5 Å². The molecule has 0 bridgehead atoms. The predicted octanol–water partition coefficient (Wildman–Crippen LogP) is 1.66. The SMILES string of the molecule is Cn1ncnc1CC(=O)c1c(F)cc(F)cc1F. The third-order valence-corrected chi connectivity index (χ3v) is 2.41. The van der Waals surface area contributed by atoms with Gasteiger partial charge in [0.15, 0.2) is 5.78 Å². The number of rotatable bonds is 3. The maximum atomic E-state index is 13.3. The molecule has 0 saturated heterocycles. The third-order valence-electron chi connectivity index (χ3n) is 2.41. The number of hydrogen-bond donors (Lipinski definition) is 0. The molecule has 1 aromatic heterocycles. The Morgan fingerprint density at radius 2 is 1.89 bits per heavy atom. The van der Waals surface area contributed by atoms with Crippen LogP contribution < -0.4 is 0 Å². The van der Waals surface area contributed by atoms with Gasteiger partial charge in [0, 0.05) is 19.2 Å². The van der Waals surface area contributed by atoms with E-state index in [0.717, 1.165) is 0 Å². The highest BCUT2D eigenvalue weighted by atomic mass is 19.1. The Balaban J connectivity index is 2.33. The van der Waals surface area contributed by atoms with Crippen LogP contribution in [0.2, 0.25) is 0 Å². The van der Waals surface area contributed by atoms with E-state index in [1.165, 1.54) is 11.0 Å². The largest absolute Gasteiger partial charge is 0.293 e. The lowest BCUT2D eigenvalue weighted by Gasteiger charge is -2.04. The van der Waals surface area contributed by atoms with Crippen LogP contribution in [0.5, 0.6) is 0 Å². The van der Waals surface area contributed by atoms with Crippen molar-refractivity contribution in [3.05, 3.63) is 47.3 Å². The molecule has 1 heterocycles. The number of benzene rings is 1. The molecule has 4 nitrogen and oxygen atoms in total. The van der Waals surface area contributed by atoms with Crippen LogP contribution in [-0.2, 0) is 13.5 Å².